The monoisotopic (exact) mass is 592 g/mol. The first-order valence-electron chi connectivity index (χ1n) is 13.8. The number of fused-ring (bicyclic) bond motifs is 2. The Hall–Kier alpha value is -5.52. The van der Waals surface area contributed by atoms with Gasteiger partial charge in [0.15, 0.2) is 0 Å². The Bertz CT molecular complexity index is 1640. The molecule has 0 aliphatic carbocycles. The summed E-state index contributed by atoms with van der Waals surface area (Å²) in [6, 6.07) is 13.7. The van der Waals surface area contributed by atoms with Crippen molar-refractivity contribution in [2.45, 2.75) is 38.5 Å². The first-order chi connectivity index (χ1) is 20.8. The molecule has 0 aromatic carbocycles. The molecule has 2 aliphatic rings. The second-order valence-electron chi connectivity index (χ2n) is 11.5. The molecule has 0 unspecified atom stereocenters. The molecule has 44 heavy (non-hydrogen) atoms. The van der Waals surface area contributed by atoms with Gasteiger partial charge in [-0.05, 0) is 64.1 Å². The molecule has 0 radical (unpaired) electrons. The number of carbonyl (C=O) groups is 4. The maximum Gasteiger partial charge on any atom is 0.258 e. The zero-order valence-corrected chi connectivity index (χ0v) is 25.2. The van der Waals surface area contributed by atoms with E-state index in [2.05, 4.69) is 30.6 Å². The molecule has 0 spiro atoms. The minimum absolute atomic E-state index is 0.00684. The number of carbonyl (C=O) groups excluding carboxylic acids is 4. The molecule has 6 heterocycles. The van der Waals surface area contributed by atoms with Crippen molar-refractivity contribution in [3.8, 4) is 0 Å². The van der Waals surface area contributed by atoms with E-state index < -0.39 is 10.8 Å². The molecular weight excluding hydrogens is 560 g/mol. The van der Waals surface area contributed by atoms with E-state index in [4.69, 9.17) is 0 Å². The van der Waals surface area contributed by atoms with Crippen LogP contribution in [0.1, 0.15) is 59.5 Å². The summed E-state index contributed by atoms with van der Waals surface area (Å²) in [5, 5.41) is 5.46. The fraction of sp³-hybridized carbons (Fsp3) is 0.250. The Morgan fingerprint density at radius 1 is 0.636 bits per heavy atom. The number of pyridine rings is 4. The third-order valence-corrected chi connectivity index (χ3v) is 7.76. The quantitative estimate of drug-likeness (QED) is 0.361. The lowest BCUT2D eigenvalue weighted by Gasteiger charge is -2.15. The van der Waals surface area contributed by atoms with E-state index in [9.17, 15) is 19.2 Å². The van der Waals surface area contributed by atoms with Gasteiger partial charge in [0.2, 0.25) is 11.8 Å². The number of nitrogens with one attached hydrogen (secondary N) is 2. The Balaban J connectivity index is 0.000000175. The first kappa shape index (κ1) is 30.0. The van der Waals surface area contributed by atoms with Crippen molar-refractivity contribution in [1.82, 2.24) is 19.9 Å². The number of hydrogen-bond donors (Lipinski definition) is 2. The molecule has 6 rings (SSSR count). The molecule has 224 valence electrons. The van der Waals surface area contributed by atoms with E-state index in [-0.39, 0.29) is 23.6 Å². The summed E-state index contributed by atoms with van der Waals surface area (Å²) >= 11 is 0. The largest absolute Gasteiger partial charge is 0.306 e. The highest BCUT2D eigenvalue weighted by molar-refractivity contribution is 6.08. The molecule has 4 aromatic heterocycles. The minimum Gasteiger partial charge on any atom is -0.306 e. The molecule has 0 fully saturated rings. The van der Waals surface area contributed by atoms with Crippen LogP contribution in [0, 0.1) is 0 Å². The number of anilines is 4. The number of amides is 4. The van der Waals surface area contributed by atoms with Gasteiger partial charge in [0.1, 0.15) is 23.3 Å². The van der Waals surface area contributed by atoms with Gasteiger partial charge in [0, 0.05) is 55.6 Å². The minimum atomic E-state index is -0.594. The van der Waals surface area contributed by atoms with Gasteiger partial charge < -0.3 is 10.6 Å². The van der Waals surface area contributed by atoms with E-state index >= 15 is 0 Å². The first-order valence-corrected chi connectivity index (χ1v) is 13.8. The van der Waals surface area contributed by atoms with Crippen LogP contribution in [0.5, 0.6) is 0 Å². The highest BCUT2D eigenvalue weighted by atomic mass is 16.2. The van der Waals surface area contributed by atoms with Crippen LogP contribution in [-0.2, 0) is 20.4 Å². The number of rotatable bonds is 4. The van der Waals surface area contributed by atoms with Crippen molar-refractivity contribution in [3.05, 3.63) is 95.6 Å². The van der Waals surface area contributed by atoms with E-state index in [1.807, 2.05) is 39.8 Å². The van der Waals surface area contributed by atoms with Gasteiger partial charge in [-0.15, -0.1) is 0 Å². The maximum absolute atomic E-state index is 12.2. The van der Waals surface area contributed by atoms with E-state index in [0.29, 0.717) is 34.4 Å². The van der Waals surface area contributed by atoms with Gasteiger partial charge in [-0.1, -0.05) is 12.1 Å². The van der Waals surface area contributed by atoms with Crippen molar-refractivity contribution < 1.29 is 19.2 Å². The Kier molecular flexibility index (Phi) is 7.68. The topological polar surface area (TPSA) is 150 Å². The van der Waals surface area contributed by atoms with Crippen molar-refractivity contribution in [1.29, 1.82) is 0 Å². The number of aromatic nitrogens is 4. The Morgan fingerprint density at radius 3 is 1.57 bits per heavy atom. The van der Waals surface area contributed by atoms with Crippen molar-refractivity contribution in [2.75, 3.05) is 34.5 Å². The van der Waals surface area contributed by atoms with E-state index in [1.165, 1.54) is 16.0 Å². The lowest BCUT2D eigenvalue weighted by atomic mass is 9.87. The summed E-state index contributed by atoms with van der Waals surface area (Å²) in [7, 11) is 3.38. The van der Waals surface area contributed by atoms with Crippen LogP contribution in [0.4, 0.5) is 23.3 Å². The van der Waals surface area contributed by atoms with Crippen molar-refractivity contribution in [3.63, 3.8) is 0 Å². The highest BCUT2D eigenvalue weighted by Crippen LogP contribution is 2.41. The van der Waals surface area contributed by atoms with Crippen LogP contribution >= 0.6 is 0 Å². The van der Waals surface area contributed by atoms with Crippen LogP contribution in [-0.4, -0.2) is 57.7 Å². The van der Waals surface area contributed by atoms with Crippen LogP contribution in [0.2, 0.25) is 0 Å². The van der Waals surface area contributed by atoms with Gasteiger partial charge in [-0.2, -0.15) is 0 Å². The van der Waals surface area contributed by atoms with Crippen molar-refractivity contribution >= 4 is 46.9 Å². The summed E-state index contributed by atoms with van der Waals surface area (Å²) in [6.45, 7) is 7.48. The molecule has 12 heteroatoms. The summed E-state index contributed by atoms with van der Waals surface area (Å²) in [5.74, 6) is 1.43. The summed E-state index contributed by atoms with van der Waals surface area (Å²) in [5.41, 5.74) is 1.49. The van der Waals surface area contributed by atoms with Gasteiger partial charge in [-0.3, -0.25) is 38.9 Å². The fourth-order valence-corrected chi connectivity index (χ4v) is 5.16. The van der Waals surface area contributed by atoms with Gasteiger partial charge >= 0.3 is 0 Å². The van der Waals surface area contributed by atoms with Crippen LogP contribution in [0.25, 0.3) is 0 Å². The molecule has 0 atom stereocenters. The molecule has 0 bridgehead atoms. The summed E-state index contributed by atoms with van der Waals surface area (Å²) in [6.07, 6.45) is 6.20. The lowest BCUT2D eigenvalue weighted by molar-refractivity contribution is -0.122. The van der Waals surface area contributed by atoms with Gasteiger partial charge in [-0.25, -0.2) is 9.97 Å². The molecule has 0 saturated heterocycles. The van der Waals surface area contributed by atoms with Crippen LogP contribution < -0.4 is 20.4 Å². The molecule has 12 nitrogen and oxygen atoms in total. The zero-order chi connectivity index (χ0) is 31.8. The molecule has 2 aliphatic heterocycles. The average Bonchev–Trinajstić information content (AvgIpc) is 3.31. The Labute approximate surface area is 254 Å². The SMILES string of the molecule is CN1C(=O)C(C)(C)c2ccc(NC(=O)c3cccnc3)nc21.CN1C(=O)C(C)(C)c2ccc(NC(=O)c3ccncc3)nc21. The van der Waals surface area contributed by atoms with E-state index in [1.54, 1.807) is 69.1 Å². The normalized spacial score (nSPS) is 15.6. The third kappa shape index (κ3) is 5.37. The molecule has 4 aromatic rings. The second-order valence-corrected chi connectivity index (χ2v) is 11.5. The predicted octanol–water partition coefficient (Wildman–Crippen LogP) is 3.97. The number of hydrogen-bond acceptors (Lipinski definition) is 8. The number of likely N-dealkylation sites (N-methyl/N-ethyl adjacent to an activating group) is 2. The van der Waals surface area contributed by atoms with Crippen LogP contribution in [0.15, 0.2) is 73.3 Å². The van der Waals surface area contributed by atoms with E-state index in [0.717, 1.165) is 11.1 Å². The smallest absolute Gasteiger partial charge is 0.258 e. The average molecular weight is 593 g/mol. The highest BCUT2D eigenvalue weighted by Gasteiger charge is 2.44. The predicted molar refractivity (Wildman–Crippen MR) is 166 cm³/mol. The zero-order valence-electron chi connectivity index (χ0n) is 25.2. The van der Waals surface area contributed by atoms with Crippen molar-refractivity contribution in [2.24, 2.45) is 0 Å². The second kappa shape index (κ2) is 11.3. The number of nitrogens with zero attached hydrogens (tertiary/aromatic N) is 6. The molecule has 2 N–H and O–H groups in total. The third-order valence-electron chi connectivity index (χ3n) is 7.76. The van der Waals surface area contributed by atoms with Gasteiger partial charge in [0.05, 0.1) is 16.4 Å². The molecule has 0 saturated carbocycles. The fourth-order valence-electron chi connectivity index (χ4n) is 5.16. The molecule has 4 amide bonds. The van der Waals surface area contributed by atoms with Gasteiger partial charge in [0.25, 0.3) is 11.8 Å². The lowest BCUT2D eigenvalue weighted by Crippen LogP contribution is -2.33. The van der Waals surface area contributed by atoms with Crippen LogP contribution in [0.3, 0.4) is 0 Å². The maximum atomic E-state index is 12.2. The molecular formula is C32H32N8O4. The Morgan fingerprint density at radius 2 is 1.11 bits per heavy atom. The summed E-state index contributed by atoms with van der Waals surface area (Å²) < 4.78 is 0. The summed E-state index contributed by atoms with van der Waals surface area (Å²) in [4.78, 5) is 68.3. The standard InChI is InChI=1S/2C16H16N4O2/c1-16(2)11-4-5-12(18-13(11)20(3)15(16)22)19-14(21)10-6-8-17-9-7-10;1-16(2)11-6-7-12(18-13(11)20(3)15(16)22)19-14(21)10-5-4-8-17-9-10/h2*4-9H,1-3H3,(H,18,19,21).